The first-order chi connectivity index (χ1) is 10.1. The topological polar surface area (TPSA) is 58.4 Å². The number of benzene rings is 1. The molecule has 1 N–H and O–H groups in total. The van der Waals surface area contributed by atoms with E-state index in [1.807, 2.05) is 12.1 Å². The fourth-order valence-corrected chi connectivity index (χ4v) is 3.14. The van der Waals surface area contributed by atoms with Crippen molar-refractivity contribution in [3.63, 3.8) is 0 Å². The van der Waals surface area contributed by atoms with E-state index in [4.69, 9.17) is 0 Å². The minimum atomic E-state index is -0.275. The van der Waals surface area contributed by atoms with E-state index < -0.39 is 0 Å². The average molecular weight is 289 g/mol. The van der Waals surface area contributed by atoms with Crippen molar-refractivity contribution < 1.29 is 4.92 Å². The van der Waals surface area contributed by atoms with Crippen molar-refractivity contribution in [2.45, 2.75) is 51.1 Å². The molecule has 1 saturated heterocycles. The number of nitro groups is 1. The summed E-state index contributed by atoms with van der Waals surface area (Å²) in [7, 11) is 0. The molecule has 2 fully saturated rings. The van der Waals surface area contributed by atoms with Crippen LogP contribution in [-0.2, 0) is 0 Å². The van der Waals surface area contributed by atoms with E-state index >= 15 is 0 Å². The van der Waals surface area contributed by atoms with Gasteiger partial charge in [0.2, 0.25) is 0 Å². The second-order valence-corrected chi connectivity index (χ2v) is 6.26. The van der Waals surface area contributed by atoms with E-state index in [0.717, 1.165) is 24.3 Å². The van der Waals surface area contributed by atoms with Gasteiger partial charge in [-0.15, -0.1) is 0 Å². The molecule has 1 aliphatic carbocycles. The summed E-state index contributed by atoms with van der Waals surface area (Å²) in [6, 6.07) is 6.73. The largest absolute Gasteiger partial charge is 0.367 e. The third kappa shape index (κ3) is 3.35. The van der Waals surface area contributed by atoms with E-state index in [1.54, 1.807) is 13.0 Å². The van der Waals surface area contributed by atoms with Crippen LogP contribution in [0, 0.1) is 17.0 Å². The van der Waals surface area contributed by atoms with Crippen LogP contribution < -0.4 is 10.2 Å². The smallest absolute Gasteiger partial charge is 0.274 e. The van der Waals surface area contributed by atoms with Crippen LogP contribution in [0.25, 0.3) is 0 Å². The summed E-state index contributed by atoms with van der Waals surface area (Å²) in [5.41, 5.74) is 1.97. The summed E-state index contributed by atoms with van der Waals surface area (Å²) < 4.78 is 0. The molecule has 1 saturated carbocycles. The molecular weight excluding hydrogens is 266 g/mol. The van der Waals surface area contributed by atoms with Gasteiger partial charge in [0, 0.05) is 35.9 Å². The molecule has 0 bridgehead atoms. The van der Waals surface area contributed by atoms with Crippen LogP contribution in [0.2, 0.25) is 0 Å². The Bertz CT molecular complexity index is 522. The summed E-state index contributed by atoms with van der Waals surface area (Å²) in [4.78, 5) is 13.2. The van der Waals surface area contributed by atoms with Gasteiger partial charge in [-0.25, -0.2) is 0 Å². The molecule has 1 unspecified atom stereocenters. The van der Waals surface area contributed by atoms with Crippen molar-refractivity contribution in [1.82, 2.24) is 5.32 Å². The molecule has 5 heteroatoms. The van der Waals surface area contributed by atoms with Crippen LogP contribution >= 0.6 is 0 Å². The van der Waals surface area contributed by atoms with E-state index in [1.165, 1.54) is 32.1 Å². The number of nitrogens with zero attached hydrogens (tertiary/aromatic N) is 2. The average Bonchev–Trinajstić information content (AvgIpc) is 3.31. The first-order valence-electron chi connectivity index (χ1n) is 7.90. The van der Waals surface area contributed by atoms with Gasteiger partial charge in [0.25, 0.3) is 5.69 Å². The molecular formula is C16H23N3O2. The van der Waals surface area contributed by atoms with Gasteiger partial charge in [-0.3, -0.25) is 10.1 Å². The number of hydrogen-bond acceptors (Lipinski definition) is 4. The minimum absolute atomic E-state index is 0.231. The van der Waals surface area contributed by atoms with Gasteiger partial charge in [-0.2, -0.15) is 0 Å². The van der Waals surface area contributed by atoms with Crippen LogP contribution in [0.3, 0.4) is 0 Å². The molecule has 21 heavy (non-hydrogen) atoms. The van der Waals surface area contributed by atoms with E-state index in [9.17, 15) is 10.1 Å². The number of aryl methyl sites for hydroxylation is 1. The SMILES string of the molecule is Cc1ccc(N(CC2CCCCN2)C2CC2)cc1[N+](=O)[O-]. The summed E-state index contributed by atoms with van der Waals surface area (Å²) in [5.74, 6) is 0. The molecule has 0 spiro atoms. The molecule has 3 rings (SSSR count). The van der Waals surface area contributed by atoms with Crippen LogP contribution in [0.4, 0.5) is 11.4 Å². The summed E-state index contributed by atoms with van der Waals surface area (Å²) in [5, 5.41) is 14.7. The third-order valence-corrected chi connectivity index (χ3v) is 4.54. The molecule has 0 radical (unpaired) electrons. The molecule has 5 nitrogen and oxygen atoms in total. The Labute approximate surface area is 125 Å². The maximum Gasteiger partial charge on any atom is 0.274 e. The first kappa shape index (κ1) is 14.3. The van der Waals surface area contributed by atoms with E-state index in [2.05, 4.69) is 10.2 Å². The molecule has 1 heterocycles. The summed E-state index contributed by atoms with van der Waals surface area (Å²) in [6.45, 7) is 3.86. The molecule has 1 atom stereocenters. The maximum absolute atomic E-state index is 11.1. The Hall–Kier alpha value is -1.62. The zero-order valence-electron chi connectivity index (χ0n) is 12.5. The lowest BCUT2D eigenvalue weighted by atomic mass is 10.0. The number of nitrogens with one attached hydrogen (secondary N) is 1. The number of rotatable bonds is 5. The van der Waals surface area contributed by atoms with Crippen molar-refractivity contribution in [3.8, 4) is 0 Å². The Kier molecular flexibility index (Phi) is 4.10. The van der Waals surface area contributed by atoms with Crippen LogP contribution in [0.15, 0.2) is 18.2 Å². The number of hydrogen-bond donors (Lipinski definition) is 1. The first-order valence-corrected chi connectivity index (χ1v) is 7.90. The molecule has 2 aliphatic rings. The molecule has 1 aromatic carbocycles. The van der Waals surface area contributed by atoms with Crippen molar-refractivity contribution in [1.29, 1.82) is 0 Å². The standard InChI is InChI=1S/C16H23N3O2/c1-12-5-6-15(10-16(12)19(20)21)18(14-7-8-14)11-13-4-2-3-9-17-13/h5-6,10,13-14,17H,2-4,7-9,11H2,1H3. The maximum atomic E-state index is 11.1. The van der Waals surface area contributed by atoms with Crippen molar-refractivity contribution in [2.24, 2.45) is 0 Å². The van der Waals surface area contributed by atoms with Gasteiger partial charge in [0.15, 0.2) is 0 Å². The Morgan fingerprint density at radius 1 is 1.33 bits per heavy atom. The summed E-state index contributed by atoms with van der Waals surface area (Å²) in [6.07, 6.45) is 6.15. The lowest BCUT2D eigenvalue weighted by Crippen LogP contribution is -2.44. The normalized spacial score (nSPS) is 22.0. The van der Waals surface area contributed by atoms with E-state index in [0.29, 0.717) is 12.1 Å². The second kappa shape index (κ2) is 6.02. The van der Waals surface area contributed by atoms with Gasteiger partial charge in [-0.1, -0.05) is 12.5 Å². The molecule has 0 amide bonds. The van der Waals surface area contributed by atoms with Crippen molar-refractivity contribution in [3.05, 3.63) is 33.9 Å². The lowest BCUT2D eigenvalue weighted by molar-refractivity contribution is -0.385. The van der Waals surface area contributed by atoms with Gasteiger partial charge in [0.05, 0.1) is 4.92 Å². The predicted octanol–water partition coefficient (Wildman–Crippen LogP) is 3.01. The molecule has 0 aromatic heterocycles. The third-order valence-electron chi connectivity index (χ3n) is 4.54. The fourth-order valence-electron chi connectivity index (χ4n) is 3.14. The van der Waals surface area contributed by atoms with Crippen molar-refractivity contribution in [2.75, 3.05) is 18.0 Å². The highest BCUT2D eigenvalue weighted by molar-refractivity contribution is 5.58. The summed E-state index contributed by atoms with van der Waals surface area (Å²) >= 11 is 0. The zero-order valence-corrected chi connectivity index (χ0v) is 12.5. The quantitative estimate of drug-likeness (QED) is 0.668. The zero-order chi connectivity index (χ0) is 14.8. The molecule has 114 valence electrons. The highest BCUT2D eigenvalue weighted by atomic mass is 16.6. The van der Waals surface area contributed by atoms with Gasteiger partial charge in [0.1, 0.15) is 0 Å². The highest BCUT2D eigenvalue weighted by Crippen LogP contribution is 2.34. The van der Waals surface area contributed by atoms with Crippen LogP contribution in [0.1, 0.15) is 37.7 Å². The Morgan fingerprint density at radius 3 is 2.76 bits per heavy atom. The number of nitro benzene ring substituents is 1. The minimum Gasteiger partial charge on any atom is -0.367 e. The molecule has 1 aromatic rings. The van der Waals surface area contributed by atoms with E-state index in [-0.39, 0.29) is 10.6 Å². The Morgan fingerprint density at radius 2 is 2.14 bits per heavy atom. The number of piperidine rings is 1. The van der Waals surface area contributed by atoms with Crippen LogP contribution in [0.5, 0.6) is 0 Å². The Balaban J connectivity index is 1.80. The van der Waals surface area contributed by atoms with Crippen LogP contribution in [-0.4, -0.2) is 30.1 Å². The molecule has 1 aliphatic heterocycles. The van der Waals surface area contributed by atoms with Gasteiger partial charge >= 0.3 is 0 Å². The van der Waals surface area contributed by atoms with Gasteiger partial charge < -0.3 is 10.2 Å². The fraction of sp³-hybridized carbons (Fsp3) is 0.625. The lowest BCUT2D eigenvalue weighted by Gasteiger charge is -2.32. The second-order valence-electron chi connectivity index (χ2n) is 6.26. The monoisotopic (exact) mass is 289 g/mol. The number of anilines is 1. The van der Waals surface area contributed by atoms with Crippen molar-refractivity contribution >= 4 is 11.4 Å². The predicted molar refractivity (Wildman–Crippen MR) is 83.8 cm³/mol. The highest BCUT2D eigenvalue weighted by Gasteiger charge is 2.32. The van der Waals surface area contributed by atoms with Gasteiger partial charge in [-0.05, 0) is 45.2 Å².